The van der Waals surface area contributed by atoms with E-state index >= 15 is 0 Å². The Labute approximate surface area is 261 Å². The quantitative estimate of drug-likeness (QED) is 0.233. The van der Waals surface area contributed by atoms with E-state index in [1.54, 1.807) is 10.5 Å². The Kier molecular flexibility index (Phi) is 7.92. The number of aromatic amines is 1. The molecule has 1 aliphatic carbocycles. The van der Waals surface area contributed by atoms with Gasteiger partial charge in [-0.1, -0.05) is 0 Å². The standard InChI is InChI=1S/C32H37FN8O3S/c1-39-16-18-40(19-17-39)25-8-6-23(7-9-25)36-32-37-30-28(27(20-34-30)29(42)21-2-4-22(33)5-3-21)31(38-32)35-24-12-14-41(15-13-24)45(43,44)26-10-11-26/h2-9,20,24,26H,10-19H2,1H3,(H3,34,35,36,37,38). The molecule has 3 aliphatic rings. The Bertz CT molecular complexity index is 1790. The molecule has 0 atom stereocenters. The number of likely N-dealkylation sites (N-methyl/N-ethyl adjacent to an activating group) is 1. The number of carbonyl (C=O) groups excluding carboxylic acids is 1. The highest BCUT2D eigenvalue weighted by Gasteiger charge is 2.41. The number of carbonyl (C=O) groups is 1. The number of ketones is 1. The highest BCUT2D eigenvalue weighted by atomic mass is 32.2. The van der Waals surface area contributed by atoms with Crippen molar-refractivity contribution in [3.63, 3.8) is 0 Å². The van der Waals surface area contributed by atoms with E-state index < -0.39 is 15.8 Å². The van der Waals surface area contributed by atoms with Crippen molar-refractivity contribution < 1.29 is 17.6 Å². The molecule has 0 radical (unpaired) electrons. The molecule has 0 spiro atoms. The first-order valence-electron chi connectivity index (χ1n) is 15.5. The van der Waals surface area contributed by atoms with Crippen LogP contribution in [0.2, 0.25) is 0 Å². The van der Waals surface area contributed by atoms with E-state index in [9.17, 15) is 17.6 Å². The van der Waals surface area contributed by atoms with E-state index in [2.05, 4.69) is 44.6 Å². The normalized spacial score (nSPS) is 18.8. The Morgan fingerprint density at radius 1 is 0.911 bits per heavy atom. The Hall–Kier alpha value is -4.07. The summed E-state index contributed by atoms with van der Waals surface area (Å²) in [5.74, 6) is 0.137. The largest absolute Gasteiger partial charge is 0.369 e. The molecule has 7 rings (SSSR count). The maximum absolute atomic E-state index is 13.6. The molecule has 3 fully saturated rings. The number of piperazine rings is 1. The molecule has 1 saturated carbocycles. The van der Waals surface area contributed by atoms with Gasteiger partial charge in [0.05, 0.1) is 16.2 Å². The van der Waals surface area contributed by atoms with Crippen molar-refractivity contribution in [2.75, 3.05) is 61.8 Å². The summed E-state index contributed by atoms with van der Waals surface area (Å²) in [4.78, 5) is 30.9. The highest BCUT2D eigenvalue weighted by Crippen LogP contribution is 2.34. The summed E-state index contributed by atoms with van der Waals surface area (Å²) < 4.78 is 40.7. The number of H-pyrrole nitrogens is 1. The molecule has 0 bridgehead atoms. The minimum atomic E-state index is -3.23. The summed E-state index contributed by atoms with van der Waals surface area (Å²) in [5, 5.41) is 7.13. The number of anilines is 4. The molecular formula is C32H37FN8O3S. The first-order chi connectivity index (χ1) is 21.7. The molecule has 45 heavy (non-hydrogen) atoms. The molecule has 4 heterocycles. The van der Waals surface area contributed by atoms with Crippen molar-refractivity contribution in [2.45, 2.75) is 37.0 Å². The van der Waals surface area contributed by atoms with Gasteiger partial charge in [0.15, 0.2) is 5.78 Å². The number of piperidine rings is 1. The lowest BCUT2D eigenvalue weighted by molar-refractivity contribution is 0.104. The fraction of sp³-hybridized carbons (Fsp3) is 0.406. The molecule has 0 unspecified atom stereocenters. The fourth-order valence-corrected chi connectivity index (χ4v) is 7.98. The van der Waals surface area contributed by atoms with Crippen LogP contribution >= 0.6 is 0 Å². The van der Waals surface area contributed by atoms with E-state index in [4.69, 9.17) is 9.97 Å². The number of nitrogens with zero attached hydrogens (tertiary/aromatic N) is 5. The van der Waals surface area contributed by atoms with Gasteiger partial charge in [-0.25, -0.2) is 17.1 Å². The number of aromatic nitrogens is 3. The van der Waals surface area contributed by atoms with Gasteiger partial charge in [-0.2, -0.15) is 9.97 Å². The van der Waals surface area contributed by atoms with Gasteiger partial charge < -0.3 is 25.4 Å². The lowest BCUT2D eigenvalue weighted by Crippen LogP contribution is -2.44. The van der Waals surface area contributed by atoms with E-state index in [1.807, 2.05) is 12.1 Å². The molecule has 2 saturated heterocycles. The van der Waals surface area contributed by atoms with Crippen molar-refractivity contribution in [3.05, 3.63) is 71.7 Å². The Morgan fingerprint density at radius 3 is 2.27 bits per heavy atom. The van der Waals surface area contributed by atoms with Gasteiger partial charge in [0.2, 0.25) is 16.0 Å². The van der Waals surface area contributed by atoms with Gasteiger partial charge in [0.25, 0.3) is 0 Å². The molecule has 13 heteroatoms. The van der Waals surface area contributed by atoms with Gasteiger partial charge in [0.1, 0.15) is 17.3 Å². The lowest BCUT2D eigenvalue weighted by Gasteiger charge is -2.34. The molecule has 11 nitrogen and oxygen atoms in total. The second kappa shape index (κ2) is 12.0. The van der Waals surface area contributed by atoms with Crippen LogP contribution in [0, 0.1) is 5.82 Å². The van der Waals surface area contributed by atoms with Crippen LogP contribution in [0.4, 0.5) is 27.5 Å². The molecular weight excluding hydrogens is 595 g/mol. The summed E-state index contributed by atoms with van der Waals surface area (Å²) >= 11 is 0. The number of hydrogen-bond acceptors (Lipinski definition) is 9. The number of hydrogen-bond donors (Lipinski definition) is 3. The molecule has 3 N–H and O–H groups in total. The first kappa shape index (κ1) is 29.6. The summed E-state index contributed by atoms with van der Waals surface area (Å²) in [6.45, 7) is 4.89. The number of fused-ring (bicyclic) bond motifs is 1. The van der Waals surface area contributed by atoms with Gasteiger partial charge >= 0.3 is 0 Å². The predicted octanol–water partition coefficient (Wildman–Crippen LogP) is 4.19. The third-order valence-electron chi connectivity index (χ3n) is 8.97. The topological polar surface area (TPSA) is 127 Å². The zero-order valence-corrected chi connectivity index (χ0v) is 26.0. The van der Waals surface area contributed by atoms with Gasteiger partial charge in [-0.3, -0.25) is 4.79 Å². The van der Waals surface area contributed by atoms with Crippen LogP contribution in [0.15, 0.2) is 54.7 Å². The molecule has 0 amide bonds. The van der Waals surface area contributed by atoms with Gasteiger partial charge in [-0.15, -0.1) is 0 Å². The van der Waals surface area contributed by atoms with Crippen LogP contribution in [0.5, 0.6) is 0 Å². The maximum Gasteiger partial charge on any atom is 0.231 e. The predicted molar refractivity (Wildman–Crippen MR) is 173 cm³/mol. The number of rotatable bonds is 9. The minimum absolute atomic E-state index is 0.0480. The van der Waals surface area contributed by atoms with Crippen LogP contribution in [-0.2, 0) is 10.0 Å². The van der Waals surface area contributed by atoms with Crippen LogP contribution in [0.25, 0.3) is 11.0 Å². The molecule has 4 aromatic rings. The third kappa shape index (κ3) is 6.24. The zero-order valence-electron chi connectivity index (χ0n) is 25.2. The summed E-state index contributed by atoms with van der Waals surface area (Å²) in [6.07, 6.45) is 4.31. The smallest absolute Gasteiger partial charge is 0.231 e. The first-order valence-corrected chi connectivity index (χ1v) is 17.0. The molecule has 2 aromatic carbocycles. The highest BCUT2D eigenvalue weighted by molar-refractivity contribution is 7.90. The van der Waals surface area contributed by atoms with E-state index in [-0.39, 0.29) is 17.1 Å². The number of nitrogens with one attached hydrogen (secondary N) is 3. The van der Waals surface area contributed by atoms with Crippen molar-refractivity contribution in [1.82, 2.24) is 24.2 Å². The fourth-order valence-electron chi connectivity index (χ4n) is 6.10. The van der Waals surface area contributed by atoms with Crippen molar-refractivity contribution in [1.29, 1.82) is 0 Å². The molecule has 236 valence electrons. The van der Waals surface area contributed by atoms with Crippen LogP contribution < -0.4 is 15.5 Å². The van der Waals surface area contributed by atoms with Crippen LogP contribution in [0.3, 0.4) is 0 Å². The molecule has 2 aliphatic heterocycles. The summed E-state index contributed by atoms with van der Waals surface area (Å²) in [6, 6.07) is 13.6. The average Bonchev–Trinajstić information content (AvgIpc) is 3.83. The Balaban J connectivity index is 1.15. The van der Waals surface area contributed by atoms with E-state index in [0.29, 0.717) is 59.9 Å². The van der Waals surface area contributed by atoms with E-state index in [1.165, 1.54) is 24.3 Å². The second-order valence-corrected chi connectivity index (χ2v) is 14.4. The monoisotopic (exact) mass is 632 g/mol. The number of benzene rings is 2. The second-order valence-electron chi connectivity index (χ2n) is 12.2. The summed E-state index contributed by atoms with van der Waals surface area (Å²) in [7, 11) is -1.09. The third-order valence-corrected chi connectivity index (χ3v) is 11.4. The van der Waals surface area contributed by atoms with E-state index in [0.717, 1.165) is 50.4 Å². The van der Waals surface area contributed by atoms with Crippen molar-refractivity contribution in [3.8, 4) is 0 Å². The SMILES string of the molecule is CN1CCN(c2ccc(Nc3nc(NC4CCN(S(=O)(=O)C5CC5)CC4)c4c(C(=O)c5ccc(F)cc5)c[nH]c4n3)cc2)CC1. The van der Waals surface area contributed by atoms with Gasteiger partial charge in [-0.05, 0) is 81.3 Å². The zero-order chi connectivity index (χ0) is 31.1. The number of halogens is 1. The number of sulfonamides is 1. The lowest BCUT2D eigenvalue weighted by atomic mass is 10.0. The molecule has 2 aromatic heterocycles. The summed E-state index contributed by atoms with van der Waals surface area (Å²) in [5.41, 5.74) is 3.19. The van der Waals surface area contributed by atoms with Crippen molar-refractivity contribution in [2.24, 2.45) is 0 Å². The van der Waals surface area contributed by atoms with Crippen LogP contribution in [-0.4, -0.2) is 96.0 Å². The average molecular weight is 633 g/mol. The van der Waals surface area contributed by atoms with Crippen LogP contribution in [0.1, 0.15) is 41.6 Å². The Morgan fingerprint density at radius 2 is 1.60 bits per heavy atom. The maximum atomic E-state index is 13.6. The minimum Gasteiger partial charge on any atom is -0.369 e. The van der Waals surface area contributed by atoms with Gasteiger partial charge in [0, 0.05) is 68.4 Å². The van der Waals surface area contributed by atoms with Crippen molar-refractivity contribution >= 4 is 50.0 Å².